The van der Waals surface area contributed by atoms with Gasteiger partial charge in [-0.1, -0.05) is 30.3 Å². The Morgan fingerprint density at radius 2 is 1.84 bits per heavy atom. The Morgan fingerprint density at radius 3 is 2.32 bits per heavy atom. The highest BCUT2D eigenvalue weighted by molar-refractivity contribution is 5.81. The predicted octanol–water partition coefficient (Wildman–Crippen LogP) is 2.21. The molecule has 0 fully saturated rings. The Bertz CT molecular complexity index is 437. The van der Waals surface area contributed by atoms with Crippen molar-refractivity contribution in [3.8, 4) is 0 Å². The van der Waals surface area contributed by atoms with E-state index < -0.39 is 23.7 Å². The van der Waals surface area contributed by atoms with E-state index in [2.05, 4.69) is 5.32 Å². The van der Waals surface area contributed by atoms with Gasteiger partial charge in [0.05, 0.1) is 0 Å². The van der Waals surface area contributed by atoms with E-state index in [1.165, 1.54) is 0 Å². The second-order valence-corrected chi connectivity index (χ2v) is 5.23. The van der Waals surface area contributed by atoms with Crippen LogP contribution in [0.25, 0.3) is 0 Å². The molecule has 0 saturated carbocycles. The van der Waals surface area contributed by atoms with Crippen LogP contribution in [-0.4, -0.2) is 28.8 Å². The predicted molar refractivity (Wildman–Crippen MR) is 70.9 cm³/mol. The maximum Gasteiger partial charge on any atom is 0.405 e. The van der Waals surface area contributed by atoms with Gasteiger partial charge in [-0.05, 0) is 26.3 Å². The van der Waals surface area contributed by atoms with Crippen LogP contribution in [0.5, 0.6) is 0 Å². The minimum absolute atomic E-state index is 0.266. The zero-order chi connectivity index (χ0) is 14.5. The largest absolute Gasteiger partial charge is 0.465 e. The van der Waals surface area contributed by atoms with Crippen molar-refractivity contribution < 1.29 is 19.4 Å². The van der Waals surface area contributed by atoms with Crippen molar-refractivity contribution in [3.05, 3.63) is 35.9 Å². The van der Waals surface area contributed by atoms with Gasteiger partial charge in [-0.15, -0.1) is 0 Å². The quantitative estimate of drug-likeness (QED) is 0.818. The Hall–Kier alpha value is -2.04. The van der Waals surface area contributed by atoms with Crippen molar-refractivity contribution >= 4 is 12.1 Å². The van der Waals surface area contributed by atoms with Crippen LogP contribution < -0.4 is 5.32 Å². The minimum Gasteiger partial charge on any atom is -0.465 e. The van der Waals surface area contributed by atoms with Gasteiger partial charge < -0.3 is 15.2 Å². The van der Waals surface area contributed by atoms with E-state index in [-0.39, 0.29) is 6.42 Å². The fraction of sp³-hybridized carbons (Fsp3) is 0.429. The maximum atomic E-state index is 12.0. The second-order valence-electron chi connectivity index (χ2n) is 5.23. The van der Waals surface area contributed by atoms with Crippen molar-refractivity contribution in [2.24, 2.45) is 0 Å². The molecule has 0 bridgehead atoms. The van der Waals surface area contributed by atoms with Crippen molar-refractivity contribution in [2.75, 3.05) is 0 Å². The Morgan fingerprint density at radius 1 is 1.26 bits per heavy atom. The molecular formula is C14H19NO4. The average molecular weight is 265 g/mol. The highest BCUT2D eigenvalue weighted by atomic mass is 16.6. The number of esters is 1. The molecule has 0 aliphatic heterocycles. The van der Waals surface area contributed by atoms with Crippen molar-refractivity contribution in [1.29, 1.82) is 0 Å². The highest BCUT2D eigenvalue weighted by Gasteiger charge is 2.26. The summed E-state index contributed by atoms with van der Waals surface area (Å²) < 4.78 is 5.21. The molecule has 0 aliphatic rings. The minimum atomic E-state index is -1.24. The molecule has 19 heavy (non-hydrogen) atoms. The molecule has 1 amide bonds. The first-order chi connectivity index (χ1) is 8.78. The van der Waals surface area contributed by atoms with Crippen molar-refractivity contribution in [2.45, 2.75) is 38.8 Å². The first-order valence-corrected chi connectivity index (χ1v) is 6.04. The fourth-order valence-corrected chi connectivity index (χ4v) is 1.57. The van der Waals surface area contributed by atoms with E-state index in [1.807, 2.05) is 30.3 Å². The summed E-state index contributed by atoms with van der Waals surface area (Å²) in [5.74, 6) is -0.571. The van der Waals surface area contributed by atoms with Crippen LogP contribution in [0, 0.1) is 0 Å². The Balaban J connectivity index is 2.77. The molecule has 0 saturated heterocycles. The molecule has 0 heterocycles. The monoisotopic (exact) mass is 265 g/mol. The molecule has 1 atom stereocenters. The van der Waals surface area contributed by atoms with Crippen molar-refractivity contribution in [1.82, 2.24) is 5.32 Å². The van der Waals surface area contributed by atoms with Gasteiger partial charge in [-0.3, -0.25) is 0 Å². The normalized spacial score (nSPS) is 12.6. The molecular weight excluding hydrogens is 246 g/mol. The number of carbonyl (C=O) groups is 2. The van der Waals surface area contributed by atoms with Crippen LogP contribution in [0.15, 0.2) is 30.3 Å². The van der Waals surface area contributed by atoms with Gasteiger partial charge in [-0.2, -0.15) is 0 Å². The zero-order valence-electron chi connectivity index (χ0n) is 11.3. The Labute approximate surface area is 112 Å². The van der Waals surface area contributed by atoms with Crippen LogP contribution in [0.4, 0.5) is 4.79 Å². The molecule has 5 heteroatoms. The first kappa shape index (κ1) is 15.0. The van der Waals surface area contributed by atoms with Crippen LogP contribution in [0.2, 0.25) is 0 Å². The van der Waals surface area contributed by atoms with E-state index in [1.54, 1.807) is 20.8 Å². The number of hydrogen-bond acceptors (Lipinski definition) is 3. The van der Waals surface area contributed by atoms with Crippen molar-refractivity contribution in [3.63, 3.8) is 0 Å². The van der Waals surface area contributed by atoms with Crippen LogP contribution in [-0.2, 0) is 16.0 Å². The number of rotatable bonds is 4. The zero-order valence-corrected chi connectivity index (χ0v) is 11.3. The summed E-state index contributed by atoms with van der Waals surface area (Å²) in [5.41, 5.74) is 0.221. The molecule has 0 aromatic heterocycles. The molecule has 1 aromatic rings. The van der Waals surface area contributed by atoms with E-state index in [4.69, 9.17) is 9.84 Å². The van der Waals surface area contributed by atoms with Gasteiger partial charge in [0.2, 0.25) is 0 Å². The van der Waals surface area contributed by atoms with Gasteiger partial charge in [0, 0.05) is 6.42 Å². The summed E-state index contributed by atoms with van der Waals surface area (Å²) in [5, 5.41) is 11.0. The number of carbonyl (C=O) groups excluding carboxylic acids is 1. The summed E-state index contributed by atoms with van der Waals surface area (Å²) in [6, 6.07) is 8.29. The van der Waals surface area contributed by atoms with E-state index in [9.17, 15) is 9.59 Å². The second kappa shape index (κ2) is 6.22. The van der Waals surface area contributed by atoms with Crippen LogP contribution in [0.3, 0.4) is 0 Å². The van der Waals surface area contributed by atoms with E-state index >= 15 is 0 Å². The SMILES string of the molecule is CC(C)(C)OC(=O)[C@@H](Cc1ccccc1)NC(=O)O. The maximum absolute atomic E-state index is 12.0. The smallest absolute Gasteiger partial charge is 0.405 e. The molecule has 0 spiro atoms. The number of hydrogen-bond donors (Lipinski definition) is 2. The summed E-state index contributed by atoms with van der Waals surface area (Å²) in [4.78, 5) is 22.7. The Kier molecular flexibility index (Phi) is 4.92. The third-order valence-corrected chi connectivity index (χ3v) is 2.27. The highest BCUT2D eigenvalue weighted by Crippen LogP contribution is 2.11. The molecule has 1 rings (SSSR count). The number of nitrogens with one attached hydrogen (secondary N) is 1. The molecule has 2 N–H and O–H groups in total. The topological polar surface area (TPSA) is 75.6 Å². The van der Waals surface area contributed by atoms with Gasteiger partial charge in [-0.25, -0.2) is 9.59 Å². The molecule has 0 radical (unpaired) electrons. The average Bonchev–Trinajstić information content (AvgIpc) is 2.26. The van der Waals surface area contributed by atoms with Gasteiger partial charge >= 0.3 is 12.1 Å². The summed E-state index contributed by atoms with van der Waals surface area (Å²) in [6.07, 6.45) is -0.978. The summed E-state index contributed by atoms with van der Waals surface area (Å²) in [6.45, 7) is 5.22. The van der Waals surface area contributed by atoms with Gasteiger partial charge in [0.25, 0.3) is 0 Å². The third-order valence-electron chi connectivity index (χ3n) is 2.27. The van der Waals surface area contributed by atoms with E-state index in [0.29, 0.717) is 0 Å². The lowest BCUT2D eigenvalue weighted by Gasteiger charge is -2.24. The first-order valence-electron chi connectivity index (χ1n) is 6.04. The molecule has 0 aliphatic carbocycles. The van der Waals surface area contributed by atoms with Crippen LogP contribution in [0.1, 0.15) is 26.3 Å². The number of carboxylic acid groups (broad SMARTS) is 1. The summed E-state index contributed by atoms with van der Waals surface area (Å²) in [7, 11) is 0. The fourth-order valence-electron chi connectivity index (χ4n) is 1.57. The summed E-state index contributed by atoms with van der Waals surface area (Å²) >= 11 is 0. The molecule has 5 nitrogen and oxygen atoms in total. The van der Waals surface area contributed by atoms with Crippen LogP contribution >= 0.6 is 0 Å². The van der Waals surface area contributed by atoms with E-state index in [0.717, 1.165) is 5.56 Å². The number of ether oxygens (including phenoxy) is 1. The standard InChI is InChI=1S/C14H19NO4/c1-14(2,3)19-12(16)11(15-13(17)18)9-10-7-5-4-6-8-10/h4-8,11,15H,9H2,1-3H3,(H,17,18)/t11-/m1/s1. The molecule has 104 valence electrons. The molecule has 1 aromatic carbocycles. The lowest BCUT2D eigenvalue weighted by atomic mass is 10.1. The molecule has 0 unspecified atom stereocenters. The number of amides is 1. The number of benzene rings is 1. The van der Waals surface area contributed by atoms with Gasteiger partial charge in [0.1, 0.15) is 11.6 Å². The lowest BCUT2D eigenvalue weighted by molar-refractivity contribution is -0.157. The van der Waals surface area contributed by atoms with Gasteiger partial charge in [0.15, 0.2) is 0 Å². The third kappa shape index (κ3) is 5.90. The lowest BCUT2D eigenvalue weighted by Crippen LogP contribution is -2.45.